The molecular weight excluding hydrogens is 340 g/mol. The molecule has 0 fully saturated rings. The molecule has 0 aliphatic heterocycles. The second-order valence-electron chi connectivity index (χ2n) is 5.68. The number of aliphatic hydroxyl groups excluding tert-OH is 1. The van der Waals surface area contributed by atoms with Crippen LogP contribution in [-0.2, 0) is 0 Å². The summed E-state index contributed by atoms with van der Waals surface area (Å²) in [5.74, 6) is -0.198. The molecule has 5 nitrogen and oxygen atoms in total. The zero-order valence-electron chi connectivity index (χ0n) is 13.5. The highest BCUT2D eigenvalue weighted by atomic mass is 35.5. The monoisotopic (exact) mass is 356 g/mol. The predicted octanol–water partition coefficient (Wildman–Crippen LogP) is 4.90. The zero-order chi connectivity index (χ0) is 18.0. The first-order chi connectivity index (χ1) is 12.0. The highest BCUT2D eigenvalue weighted by Crippen LogP contribution is 2.35. The Morgan fingerprint density at radius 2 is 1.80 bits per heavy atom. The van der Waals surface area contributed by atoms with E-state index in [4.69, 9.17) is 11.6 Å². The number of nitrogens with one attached hydrogen (secondary N) is 2. The number of halogens is 1. The Morgan fingerprint density at radius 1 is 1.08 bits per heavy atom. The highest BCUT2D eigenvalue weighted by molar-refractivity contribution is 6.32. The van der Waals surface area contributed by atoms with Gasteiger partial charge >= 0.3 is 6.03 Å². The van der Waals surface area contributed by atoms with E-state index in [1.54, 1.807) is 0 Å². The molecule has 6 heteroatoms. The normalized spacial score (nSPS) is 12.0. The highest BCUT2D eigenvalue weighted by Gasteiger charge is 2.14. The Morgan fingerprint density at radius 3 is 2.56 bits per heavy atom. The number of fused-ring (bicyclic) bond motifs is 1. The van der Waals surface area contributed by atoms with Crippen molar-refractivity contribution in [2.24, 2.45) is 0 Å². The molecule has 0 bridgehead atoms. The number of benzene rings is 3. The van der Waals surface area contributed by atoms with Crippen LogP contribution in [0.5, 0.6) is 5.75 Å². The van der Waals surface area contributed by atoms with Crippen LogP contribution in [0, 0.1) is 0 Å². The SMILES string of the molecule is CC(O)c1cc(NC(=O)Nc2cccc3ccccc23)cc(Cl)c1O. The van der Waals surface area contributed by atoms with Gasteiger partial charge in [-0.3, -0.25) is 0 Å². The van der Waals surface area contributed by atoms with E-state index in [0.717, 1.165) is 10.8 Å². The van der Waals surface area contributed by atoms with Gasteiger partial charge in [-0.15, -0.1) is 0 Å². The molecule has 0 aromatic heterocycles. The number of hydrogen-bond donors (Lipinski definition) is 4. The van der Waals surface area contributed by atoms with Crippen molar-refractivity contribution in [3.63, 3.8) is 0 Å². The summed E-state index contributed by atoms with van der Waals surface area (Å²) in [6.45, 7) is 1.51. The summed E-state index contributed by atoms with van der Waals surface area (Å²) < 4.78 is 0. The summed E-state index contributed by atoms with van der Waals surface area (Å²) in [7, 11) is 0. The van der Waals surface area contributed by atoms with Gasteiger partial charge in [0.05, 0.1) is 16.8 Å². The summed E-state index contributed by atoms with van der Waals surface area (Å²) >= 11 is 5.95. The molecule has 0 aliphatic rings. The van der Waals surface area contributed by atoms with Crippen LogP contribution < -0.4 is 10.6 Å². The molecule has 128 valence electrons. The van der Waals surface area contributed by atoms with Crippen LogP contribution in [0.15, 0.2) is 54.6 Å². The number of phenolic OH excluding ortho intramolecular Hbond substituents is 1. The zero-order valence-corrected chi connectivity index (χ0v) is 14.2. The molecule has 0 saturated heterocycles. The Labute approximate surface area is 149 Å². The van der Waals surface area contributed by atoms with Crippen LogP contribution in [0.1, 0.15) is 18.6 Å². The molecule has 3 aromatic carbocycles. The maximum atomic E-state index is 12.3. The third kappa shape index (κ3) is 3.68. The lowest BCUT2D eigenvalue weighted by Crippen LogP contribution is -2.19. The predicted molar refractivity (Wildman–Crippen MR) is 100 cm³/mol. The number of anilines is 2. The van der Waals surface area contributed by atoms with Crippen LogP contribution in [0.2, 0.25) is 5.02 Å². The topological polar surface area (TPSA) is 81.6 Å². The fourth-order valence-corrected chi connectivity index (χ4v) is 2.86. The van der Waals surface area contributed by atoms with Gasteiger partial charge in [-0.1, -0.05) is 48.0 Å². The fraction of sp³-hybridized carbons (Fsp3) is 0.105. The van der Waals surface area contributed by atoms with Crippen molar-refractivity contribution in [2.45, 2.75) is 13.0 Å². The number of phenols is 1. The Kier molecular flexibility index (Phi) is 4.79. The molecule has 1 atom stereocenters. The van der Waals surface area contributed by atoms with E-state index in [2.05, 4.69) is 10.6 Å². The number of carbonyl (C=O) groups is 1. The standard InChI is InChI=1S/C19H17ClN2O3/c1-11(23)15-9-13(10-16(20)18(15)24)21-19(25)22-17-8-4-6-12-5-2-3-7-14(12)17/h2-11,23-24H,1H3,(H2,21,22,25). The number of hydrogen-bond acceptors (Lipinski definition) is 3. The van der Waals surface area contributed by atoms with Gasteiger partial charge in [-0.05, 0) is 30.5 Å². The largest absolute Gasteiger partial charge is 0.506 e. The van der Waals surface area contributed by atoms with Crippen LogP contribution >= 0.6 is 11.6 Å². The van der Waals surface area contributed by atoms with E-state index in [-0.39, 0.29) is 16.3 Å². The first-order valence-corrected chi connectivity index (χ1v) is 8.09. The number of aliphatic hydroxyl groups is 1. The van der Waals surface area contributed by atoms with Gasteiger partial charge in [-0.2, -0.15) is 0 Å². The van der Waals surface area contributed by atoms with Crippen LogP contribution in [0.3, 0.4) is 0 Å². The molecule has 0 saturated carbocycles. The van der Waals surface area contributed by atoms with E-state index in [0.29, 0.717) is 11.4 Å². The van der Waals surface area contributed by atoms with Crippen molar-refractivity contribution in [1.29, 1.82) is 0 Å². The molecule has 0 radical (unpaired) electrons. The van der Waals surface area contributed by atoms with E-state index in [9.17, 15) is 15.0 Å². The molecular formula is C19H17ClN2O3. The number of aromatic hydroxyl groups is 1. The van der Waals surface area contributed by atoms with Crippen LogP contribution in [0.4, 0.5) is 16.2 Å². The van der Waals surface area contributed by atoms with E-state index in [1.165, 1.54) is 19.1 Å². The second kappa shape index (κ2) is 7.01. The average molecular weight is 357 g/mol. The van der Waals surface area contributed by atoms with Gasteiger partial charge in [0.25, 0.3) is 0 Å². The minimum Gasteiger partial charge on any atom is -0.506 e. The number of urea groups is 1. The molecule has 0 aliphatic carbocycles. The fourth-order valence-electron chi connectivity index (χ4n) is 2.63. The minimum absolute atomic E-state index is 0.0545. The molecule has 2 amide bonds. The van der Waals surface area contributed by atoms with Gasteiger partial charge < -0.3 is 20.8 Å². The maximum absolute atomic E-state index is 12.3. The van der Waals surface area contributed by atoms with Crippen molar-refractivity contribution in [3.05, 3.63) is 65.2 Å². The third-order valence-electron chi connectivity index (χ3n) is 3.84. The molecule has 0 spiro atoms. The first kappa shape index (κ1) is 17.1. The first-order valence-electron chi connectivity index (χ1n) is 7.72. The lowest BCUT2D eigenvalue weighted by molar-refractivity contribution is 0.195. The second-order valence-corrected chi connectivity index (χ2v) is 6.08. The third-order valence-corrected chi connectivity index (χ3v) is 4.13. The van der Waals surface area contributed by atoms with Gasteiger partial charge in [-0.25, -0.2) is 4.79 Å². The Hall–Kier alpha value is -2.76. The summed E-state index contributed by atoms with van der Waals surface area (Å²) in [6.07, 6.45) is -0.916. The number of amides is 2. The quantitative estimate of drug-likeness (QED) is 0.504. The van der Waals surface area contributed by atoms with Gasteiger partial charge in [0.2, 0.25) is 0 Å². The van der Waals surface area contributed by atoms with Crippen molar-refractivity contribution in [3.8, 4) is 5.75 Å². The smallest absolute Gasteiger partial charge is 0.323 e. The van der Waals surface area contributed by atoms with E-state index >= 15 is 0 Å². The Balaban J connectivity index is 1.83. The average Bonchev–Trinajstić information content (AvgIpc) is 2.58. The lowest BCUT2D eigenvalue weighted by Gasteiger charge is -2.14. The molecule has 0 heterocycles. The molecule has 3 aromatic rings. The molecule has 3 rings (SSSR count). The number of rotatable bonds is 3. The van der Waals surface area contributed by atoms with Crippen molar-refractivity contribution >= 4 is 39.8 Å². The van der Waals surface area contributed by atoms with Gasteiger partial charge in [0.1, 0.15) is 5.75 Å². The summed E-state index contributed by atoms with van der Waals surface area (Å²) in [5.41, 5.74) is 1.29. The van der Waals surface area contributed by atoms with E-state index < -0.39 is 12.1 Å². The Bertz CT molecular complexity index is 936. The van der Waals surface area contributed by atoms with Crippen LogP contribution in [0.25, 0.3) is 10.8 Å². The van der Waals surface area contributed by atoms with Crippen LogP contribution in [-0.4, -0.2) is 16.2 Å². The summed E-state index contributed by atoms with van der Waals surface area (Å²) in [5, 5.41) is 27.0. The minimum atomic E-state index is -0.916. The van der Waals surface area contributed by atoms with Crippen molar-refractivity contribution < 1.29 is 15.0 Å². The van der Waals surface area contributed by atoms with Crippen molar-refractivity contribution in [2.75, 3.05) is 10.6 Å². The number of carbonyl (C=O) groups excluding carboxylic acids is 1. The van der Waals surface area contributed by atoms with Gasteiger partial charge in [0, 0.05) is 16.6 Å². The summed E-state index contributed by atoms with van der Waals surface area (Å²) in [4.78, 5) is 12.3. The van der Waals surface area contributed by atoms with Gasteiger partial charge in [0.15, 0.2) is 0 Å². The molecule has 1 unspecified atom stereocenters. The van der Waals surface area contributed by atoms with E-state index in [1.807, 2.05) is 42.5 Å². The summed E-state index contributed by atoms with van der Waals surface area (Å²) in [6, 6.07) is 15.8. The molecule has 4 N–H and O–H groups in total. The van der Waals surface area contributed by atoms with Crippen molar-refractivity contribution in [1.82, 2.24) is 0 Å². The molecule has 25 heavy (non-hydrogen) atoms. The maximum Gasteiger partial charge on any atom is 0.323 e. The lowest BCUT2D eigenvalue weighted by atomic mass is 10.1.